The second-order valence-electron chi connectivity index (χ2n) is 4.54. The van der Waals surface area contributed by atoms with Gasteiger partial charge in [0.2, 0.25) is 0 Å². The van der Waals surface area contributed by atoms with Crippen molar-refractivity contribution in [3.8, 4) is 11.1 Å². The van der Waals surface area contributed by atoms with Gasteiger partial charge in [0.25, 0.3) is 0 Å². The van der Waals surface area contributed by atoms with Crippen molar-refractivity contribution >= 4 is 22.5 Å². The number of halogens is 2. The third-order valence-corrected chi connectivity index (χ3v) is 3.74. The number of nitrogens with zero attached hydrogens (tertiary/aromatic N) is 1. The van der Waals surface area contributed by atoms with Crippen LogP contribution in [-0.2, 0) is 12.9 Å². The number of para-hydroxylation sites is 1. The summed E-state index contributed by atoms with van der Waals surface area (Å²) >= 11 is 6.10. The highest BCUT2D eigenvalue weighted by Gasteiger charge is 2.15. The summed E-state index contributed by atoms with van der Waals surface area (Å²) < 4.78 is 15.2. The molecule has 0 amide bonds. The first-order valence-electron chi connectivity index (χ1n) is 6.10. The standard InChI is InChI=1S/C16H13ClFN/c1-19-14-5-3-2-4-13(14)16(15(19)10-17)11-6-8-12(18)9-7-11/h2-9H,10H2,1H3. The van der Waals surface area contributed by atoms with Crippen LogP contribution in [0, 0.1) is 5.82 Å². The molecule has 0 radical (unpaired) electrons. The summed E-state index contributed by atoms with van der Waals surface area (Å²) in [7, 11) is 2.01. The van der Waals surface area contributed by atoms with Crippen LogP contribution in [0.4, 0.5) is 4.39 Å². The summed E-state index contributed by atoms with van der Waals surface area (Å²) in [6.45, 7) is 0. The highest BCUT2D eigenvalue weighted by Crippen LogP contribution is 2.35. The van der Waals surface area contributed by atoms with Crippen molar-refractivity contribution in [2.24, 2.45) is 7.05 Å². The minimum absolute atomic E-state index is 0.226. The Hall–Kier alpha value is -1.80. The molecule has 0 atom stereocenters. The van der Waals surface area contributed by atoms with E-state index in [2.05, 4.69) is 16.7 Å². The summed E-state index contributed by atoms with van der Waals surface area (Å²) in [5.74, 6) is 0.203. The van der Waals surface area contributed by atoms with E-state index < -0.39 is 0 Å². The number of rotatable bonds is 2. The van der Waals surface area contributed by atoms with E-state index in [1.165, 1.54) is 12.1 Å². The predicted octanol–water partition coefficient (Wildman–Crippen LogP) is 4.72. The van der Waals surface area contributed by atoms with Gasteiger partial charge < -0.3 is 4.57 Å². The minimum Gasteiger partial charge on any atom is -0.346 e. The Kier molecular flexibility index (Phi) is 3.03. The van der Waals surface area contributed by atoms with E-state index in [1.807, 2.05) is 19.2 Å². The Bertz CT molecular complexity index is 728. The van der Waals surface area contributed by atoms with E-state index in [1.54, 1.807) is 12.1 Å². The lowest BCUT2D eigenvalue weighted by molar-refractivity contribution is 0.628. The van der Waals surface area contributed by atoms with Crippen molar-refractivity contribution in [1.82, 2.24) is 4.57 Å². The predicted molar refractivity (Wildman–Crippen MR) is 77.9 cm³/mol. The van der Waals surface area contributed by atoms with Gasteiger partial charge in [-0.05, 0) is 23.8 Å². The highest BCUT2D eigenvalue weighted by atomic mass is 35.5. The second kappa shape index (κ2) is 4.71. The van der Waals surface area contributed by atoms with Gasteiger partial charge in [0.1, 0.15) is 5.82 Å². The zero-order chi connectivity index (χ0) is 13.4. The molecule has 96 valence electrons. The minimum atomic E-state index is -0.226. The van der Waals surface area contributed by atoms with Gasteiger partial charge in [0, 0.05) is 29.2 Å². The molecule has 3 heteroatoms. The fraction of sp³-hybridized carbons (Fsp3) is 0.125. The highest BCUT2D eigenvalue weighted by molar-refractivity contribution is 6.18. The maximum atomic E-state index is 13.1. The fourth-order valence-electron chi connectivity index (χ4n) is 2.54. The Balaban J connectivity index is 2.36. The van der Waals surface area contributed by atoms with Crippen molar-refractivity contribution in [2.75, 3.05) is 0 Å². The molecular formula is C16H13ClFN. The molecule has 0 aliphatic rings. The van der Waals surface area contributed by atoms with E-state index in [9.17, 15) is 4.39 Å². The molecule has 19 heavy (non-hydrogen) atoms. The smallest absolute Gasteiger partial charge is 0.123 e. The number of hydrogen-bond donors (Lipinski definition) is 0. The van der Waals surface area contributed by atoms with Crippen LogP contribution in [0.1, 0.15) is 5.69 Å². The molecule has 0 saturated heterocycles. The van der Waals surface area contributed by atoms with E-state index in [4.69, 9.17) is 11.6 Å². The first-order valence-corrected chi connectivity index (χ1v) is 6.64. The van der Waals surface area contributed by atoms with E-state index in [-0.39, 0.29) is 5.82 Å². The Morgan fingerprint density at radius 2 is 1.74 bits per heavy atom. The Morgan fingerprint density at radius 3 is 2.42 bits per heavy atom. The number of aromatic nitrogens is 1. The third-order valence-electron chi connectivity index (χ3n) is 3.49. The van der Waals surface area contributed by atoms with Gasteiger partial charge >= 0.3 is 0 Å². The summed E-state index contributed by atoms with van der Waals surface area (Å²) in [5, 5.41) is 1.15. The molecule has 0 spiro atoms. The fourth-order valence-corrected chi connectivity index (χ4v) is 2.85. The zero-order valence-electron chi connectivity index (χ0n) is 10.5. The molecule has 0 N–H and O–H groups in total. The van der Waals surface area contributed by atoms with Crippen molar-refractivity contribution in [3.63, 3.8) is 0 Å². The van der Waals surface area contributed by atoms with Gasteiger partial charge in [-0.1, -0.05) is 30.3 Å². The molecule has 0 fully saturated rings. The summed E-state index contributed by atoms with van der Waals surface area (Å²) in [5.41, 5.74) is 4.27. The SMILES string of the molecule is Cn1c(CCl)c(-c2ccc(F)cc2)c2ccccc21. The van der Waals surface area contributed by atoms with E-state index in [0.717, 1.165) is 27.7 Å². The molecule has 0 unspecified atom stereocenters. The molecule has 0 bridgehead atoms. The molecule has 2 aromatic carbocycles. The quantitative estimate of drug-likeness (QED) is 0.595. The molecule has 1 nitrogen and oxygen atoms in total. The van der Waals surface area contributed by atoms with Crippen LogP contribution >= 0.6 is 11.6 Å². The molecule has 0 aliphatic carbocycles. The van der Waals surface area contributed by atoms with Crippen molar-refractivity contribution in [1.29, 1.82) is 0 Å². The summed E-state index contributed by atoms with van der Waals surface area (Å²) in [6.07, 6.45) is 0. The lowest BCUT2D eigenvalue weighted by atomic mass is 10.0. The Labute approximate surface area is 116 Å². The molecule has 0 saturated carbocycles. The van der Waals surface area contributed by atoms with E-state index >= 15 is 0 Å². The molecule has 1 aromatic heterocycles. The summed E-state index contributed by atoms with van der Waals surface area (Å²) in [6, 6.07) is 14.7. The topological polar surface area (TPSA) is 4.93 Å². The monoisotopic (exact) mass is 273 g/mol. The van der Waals surface area contributed by atoms with Crippen LogP contribution in [0.3, 0.4) is 0 Å². The number of hydrogen-bond acceptors (Lipinski definition) is 0. The van der Waals surface area contributed by atoms with Crippen LogP contribution in [0.2, 0.25) is 0 Å². The van der Waals surface area contributed by atoms with Gasteiger partial charge in [-0.2, -0.15) is 0 Å². The average molecular weight is 274 g/mol. The third kappa shape index (κ3) is 1.92. The maximum absolute atomic E-state index is 13.1. The van der Waals surface area contributed by atoms with Crippen molar-refractivity contribution in [3.05, 3.63) is 60.0 Å². The molecular weight excluding hydrogens is 261 g/mol. The van der Waals surface area contributed by atoms with Crippen LogP contribution in [0.25, 0.3) is 22.0 Å². The van der Waals surface area contributed by atoms with Gasteiger partial charge in [0.05, 0.1) is 5.88 Å². The first-order chi connectivity index (χ1) is 9.22. The normalized spacial score (nSPS) is 11.1. The zero-order valence-corrected chi connectivity index (χ0v) is 11.3. The van der Waals surface area contributed by atoms with Gasteiger partial charge in [0.15, 0.2) is 0 Å². The molecule has 3 aromatic rings. The van der Waals surface area contributed by atoms with Gasteiger partial charge in [-0.25, -0.2) is 4.39 Å². The average Bonchev–Trinajstić information content (AvgIpc) is 2.73. The maximum Gasteiger partial charge on any atom is 0.123 e. The van der Waals surface area contributed by atoms with Crippen LogP contribution < -0.4 is 0 Å². The number of alkyl halides is 1. The first kappa shape index (κ1) is 12.2. The Morgan fingerprint density at radius 1 is 1.05 bits per heavy atom. The van der Waals surface area contributed by atoms with Gasteiger partial charge in [-0.3, -0.25) is 0 Å². The van der Waals surface area contributed by atoms with Crippen LogP contribution in [0.5, 0.6) is 0 Å². The van der Waals surface area contributed by atoms with Gasteiger partial charge in [-0.15, -0.1) is 11.6 Å². The number of fused-ring (bicyclic) bond motifs is 1. The molecule has 3 rings (SSSR count). The number of benzene rings is 2. The summed E-state index contributed by atoms with van der Waals surface area (Å²) in [4.78, 5) is 0. The number of aryl methyl sites for hydroxylation is 1. The molecule has 1 heterocycles. The van der Waals surface area contributed by atoms with Crippen molar-refractivity contribution < 1.29 is 4.39 Å². The molecule has 0 aliphatic heterocycles. The largest absolute Gasteiger partial charge is 0.346 e. The van der Waals surface area contributed by atoms with Crippen LogP contribution in [-0.4, -0.2) is 4.57 Å². The lowest BCUT2D eigenvalue weighted by Crippen LogP contribution is -1.94. The second-order valence-corrected chi connectivity index (χ2v) is 4.81. The van der Waals surface area contributed by atoms with Crippen molar-refractivity contribution in [2.45, 2.75) is 5.88 Å². The van der Waals surface area contributed by atoms with E-state index in [0.29, 0.717) is 5.88 Å². The van der Waals surface area contributed by atoms with Crippen LogP contribution in [0.15, 0.2) is 48.5 Å². The lowest BCUT2D eigenvalue weighted by Gasteiger charge is -2.05.